The van der Waals surface area contributed by atoms with E-state index in [0.717, 1.165) is 17.8 Å². The van der Waals surface area contributed by atoms with Gasteiger partial charge in [-0.2, -0.15) is 0 Å². The summed E-state index contributed by atoms with van der Waals surface area (Å²) in [6, 6.07) is 3.49. The molecule has 0 bridgehead atoms. The number of hydrogen-bond donors (Lipinski definition) is 2. The maximum absolute atomic E-state index is 13.9. The lowest BCUT2D eigenvalue weighted by molar-refractivity contribution is 0.203. The highest BCUT2D eigenvalue weighted by atomic mass is 19.1. The van der Waals surface area contributed by atoms with Gasteiger partial charge in [0, 0.05) is 31.9 Å². The van der Waals surface area contributed by atoms with E-state index in [1.54, 1.807) is 20.1 Å². The van der Waals surface area contributed by atoms with Crippen LogP contribution in [0.25, 0.3) is 0 Å². The lowest BCUT2D eigenvalue weighted by Crippen LogP contribution is -2.32. The molecule has 0 spiro atoms. The minimum Gasteiger partial charge on any atom is -0.395 e. The molecule has 4 nitrogen and oxygen atoms in total. The minimum absolute atomic E-state index is 0.0452. The number of aliphatic hydroxyl groups is 1. The molecule has 0 heterocycles. The molecular weight excluding hydrogens is 271 g/mol. The van der Waals surface area contributed by atoms with Gasteiger partial charge in [0.1, 0.15) is 5.82 Å². The van der Waals surface area contributed by atoms with Gasteiger partial charge < -0.3 is 20.1 Å². The van der Waals surface area contributed by atoms with Gasteiger partial charge in [-0.15, -0.1) is 0 Å². The Balaban J connectivity index is 3.18. The summed E-state index contributed by atoms with van der Waals surface area (Å²) in [4.78, 5) is 2.04. The first kappa shape index (κ1) is 17.9. The second-order valence-electron chi connectivity index (χ2n) is 5.14. The zero-order valence-electron chi connectivity index (χ0n) is 13.4. The van der Waals surface area contributed by atoms with Gasteiger partial charge in [-0.25, -0.2) is 4.39 Å². The SMILES string of the molecule is CCNC(C)c1cc(F)c(C)cc1N(CCO)CCOC. The van der Waals surface area contributed by atoms with Crippen molar-refractivity contribution >= 4 is 5.69 Å². The van der Waals surface area contributed by atoms with Crippen LogP contribution in [0.4, 0.5) is 10.1 Å². The maximum atomic E-state index is 13.9. The van der Waals surface area contributed by atoms with Crippen LogP contribution in [0.3, 0.4) is 0 Å². The van der Waals surface area contributed by atoms with Crippen molar-refractivity contribution in [2.45, 2.75) is 26.8 Å². The van der Waals surface area contributed by atoms with Crippen molar-refractivity contribution in [2.75, 3.05) is 44.9 Å². The molecule has 1 rings (SSSR count). The van der Waals surface area contributed by atoms with Crippen molar-refractivity contribution in [3.05, 3.63) is 29.1 Å². The van der Waals surface area contributed by atoms with Crippen LogP contribution in [-0.2, 0) is 4.74 Å². The lowest BCUT2D eigenvalue weighted by Gasteiger charge is -2.29. The number of nitrogens with zero attached hydrogens (tertiary/aromatic N) is 1. The fourth-order valence-corrected chi connectivity index (χ4v) is 2.39. The summed E-state index contributed by atoms with van der Waals surface area (Å²) in [5.41, 5.74) is 2.47. The Labute approximate surface area is 126 Å². The summed E-state index contributed by atoms with van der Waals surface area (Å²) in [7, 11) is 1.65. The molecule has 0 aliphatic carbocycles. The number of aliphatic hydroxyl groups excluding tert-OH is 1. The van der Waals surface area contributed by atoms with E-state index in [1.807, 2.05) is 24.8 Å². The summed E-state index contributed by atoms with van der Waals surface area (Å²) in [5, 5.41) is 12.6. The third-order valence-corrected chi connectivity index (χ3v) is 3.56. The van der Waals surface area contributed by atoms with Gasteiger partial charge in [-0.1, -0.05) is 6.92 Å². The van der Waals surface area contributed by atoms with Crippen molar-refractivity contribution in [3.63, 3.8) is 0 Å². The molecule has 5 heteroatoms. The van der Waals surface area contributed by atoms with E-state index in [1.165, 1.54) is 0 Å². The number of aryl methyl sites for hydroxylation is 1. The molecule has 0 aromatic heterocycles. The Hall–Kier alpha value is -1.17. The quantitative estimate of drug-likeness (QED) is 0.734. The molecule has 0 aliphatic rings. The van der Waals surface area contributed by atoms with Gasteiger partial charge in [0.05, 0.1) is 13.2 Å². The van der Waals surface area contributed by atoms with E-state index in [4.69, 9.17) is 4.74 Å². The van der Waals surface area contributed by atoms with Crippen LogP contribution in [0.15, 0.2) is 12.1 Å². The zero-order valence-corrected chi connectivity index (χ0v) is 13.4. The number of rotatable bonds is 9. The van der Waals surface area contributed by atoms with Crippen LogP contribution in [0.5, 0.6) is 0 Å². The summed E-state index contributed by atoms with van der Waals surface area (Å²) in [6.07, 6.45) is 0. The van der Waals surface area contributed by atoms with E-state index in [-0.39, 0.29) is 18.5 Å². The highest BCUT2D eigenvalue weighted by Gasteiger charge is 2.17. The Kier molecular flexibility index (Phi) is 7.64. The van der Waals surface area contributed by atoms with E-state index in [0.29, 0.717) is 25.3 Å². The number of halogens is 1. The smallest absolute Gasteiger partial charge is 0.126 e. The lowest BCUT2D eigenvalue weighted by atomic mass is 10.0. The average molecular weight is 298 g/mol. The highest BCUT2D eigenvalue weighted by molar-refractivity contribution is 5.57. The van der Waals surface area contributed by atoms with Crippen LogP contribution in [-0.4, -0.2) is 45.1 Å². The topological polar surface area (TPSA) is 44.7 Å². The summed E-state index contributed by atoms with van der Waals surface area (Å²) < 4.78 is 19.1. The number of hydrogen-bond acceptors (Lipinski definition) is 4. The molecule has 0 saturated carbocycles. The van der Waals surface area contributed by atoms with Crippen molar-refractivity contribution in [2.24, 2.45) is 0 Å². The van der Waals surface area contributed by atoms with E-state index in [2.05, 4.69) is 5.32 Å². The first-order valence-corrected chi connectivity index (χ1v) is 7.43. The first-order valence-electron chi connectivity index (χ1n) is 7.43. The van der Waals surface area contributed by atoms with Gasteiger partial charge in [0.2, 0.25) is 0 Å². The first-order chi connectivity index (χ1) is 10.0. The van der Waals surface area contributed by atoms with E-state index in [9.17, 15) is 9.50 Å². The van der Waals surface area contributed by atoms with Crippen molar-refractivity contribution in [1.29, 1.82) is 0 Å². The summed E-state index contributed by atoms with van der Waals surface area (Å²) in [6.45, 7) is 8.39. The molecule has 2 N–H and O–H groups in total. The molecule has 0 saturated heterocycles. The molecule has 120 valence electrons. The summed E-state index contributed by atoms with van der Waals surface area (Å²) >= 11 is 0. The van der Waals surface area contributed by atoms with Crippen LogP contribution >= 0.6 is 0 Å². The monoisotopic (exact) mass is 298 g/mol. The third-order valence-electron chi connectivity index (χ3n) is 3.56. The van der Waals surface area contributed by atoms with Crippen molar-refractivity contribution < 1.29 is 14.2 Å². The molecule has 0 radical (unpaired) electrons. The van der Waals surface area contributed by atoms with Crippen molar-refractivity contribution in [3.8, 4) is 0 Å². The summed E-state index contributed by atoms with van der Waals surface area (Å²) in [5.74, 6) is -0.200. The highest BCUT2D eigenvalue weighted by Crippen LogP contribution is 2.29. The van der Waals surface area contributed by atoms with Gasteiger partial charge in [-0.05, 0) is 43.7 Å². The number of ether oxygens (including phenoxy) is 1. The molecule has 0 fully saturated rings. The Morgan fingerprint density at radius 3 is 2.67 bits per heavy atom. The normalized spacial score (nSPS) is 12.5. The second-order valence-corrected chi connectivity index (χ2v) is 5.14. The van der Waals surface area contributed by atoms with Crippen LogP contribution in [0, 0.1) is 12.7 Å². The van der Waals surface area contributed by atoms with Gasteiger partial charge >= 0.3 is 0 Å². The van der Waals surface area contributed by atoms with Crippen LogP contribution < -0.4 is 10.2 Å². The van der Waals surface area contributed by atoms with Gasteiger partial charge in [0.15, 0.2) is 0 Å². The predicted octanol–water partition coefficient (Wildman–Crippen LogP) is 2.25. The van der Waals surface area contributed by atoms with E-state index >= 15 is 0 Å². The maximum Gasteiger partial charge on any atom is 0.126 e. The fraction of sp³-hybridized carbons (Fsp3) is 0.625. The zero-order chi connectivity index (χ0) is 15.8. The van der Waals surface area contributed by atoms with Gasteiger partial charge in [0.25, 0.3) is 0 Å². The number of methoxy groups -OCH3 is 1. The number of benzene rings is 1. The molecular formula is C16H27FN2O2. The standard InChI is InChI=1S/C16H27FN2O2/c1-5-18-13(3)14-11-15(17)12(2)10-16(14)19(6-8-20)7-9-21-4/h10-11,13,18,20H,5-9H2,1-4H3. The minimum atomic E-state index is -0.200. The van der Waals surface area contributed by atoms with Crippen molar-refractivity contribution in [1.82, 2.24) is 5.32 Å². The van der Waals surface area contributed by atoms with Crippen LogP contribution in [0.1, 0.15) is 31.0 Å². The van der Waals surface area contributed by atoms with Gasteiger partial charge in [-0.3, -0.25) is 0 Å². The molecule has 1 atom stereocenters. The second kappa shape index (κ2) is 8.97. The Morgan fingerprint density at radius 2 is 2.10 bits per heavy atom. The Morgan fingerprint density at radius 1 is 1.38 bits per heavy atom. The Bertz CT molecular complexity index is 441. The van der Waals surface area contributed by atoms with Crippen LogP contribution in [0.2, 0.25) is 0 Å². The third kappa shape index (κ3) is 4.95. The molecule has 1 unspecified atom stereocenters. The van der Waals surface area contributed by atoms with E-state index < -0.39 is 0 Å². The average Bonchev–Trinajstić information content (AvgIpc) is 2.46. The molecule has 0 aliphatic heterocycles. The number of nitrogens with one attached hydrogen (secondary N) is 1. The largest absolute Gasteiger partial charge is 0.395 e. The molecule has 1 aromatic carbocycles. The molecule has 21 heavy (non-hydrogen) atoms. The number of anilines is 1. The molecule has 1 aromatic rings. The predicted molar refractivity (Wildman–Crippen MR) is 84.4 cm³/mol. The fourth-order valence-electron chi connectivity index (χ4n) is 2.39. The molecule has 0 amide bonds.